The second-order valence-corrected chi connectivity index (χ2v) is 4.69. The van der Waals surface area contributed by atoms with Gasteiger partial charge in [-0.3, -0.25) is 4.79 Å². The largest absolute Gasteiger partial charge is 0.508 e. The zero-order chi connectivity index (χ0) is 14.2. The van der Waals surface area contributed by atoms with Crippen molar-refractivity contribution in [1.82, 2.24) is 4.90 Å². The molecule has 2 rings (SSSR count). The molecule has 1 aliphatic rings. The Labute approximate surface area is 114 Å². The van der Waals surface area contributed by atoms with Gasteiger partial charge in [0.2, 0.25) is 5.91 Å². The van der Waals surface area contributed by atoms with Gasteiger partial charge in [0, 0.05) is 18.7 Å². The van der Waals surface area contributed by atoms with E-state index in [1.54, 1.807) is 6.92 Å². The molecule has 1 atom stereocenters. The van der Waals surface area contributed by atoms with Crippen molar-refractivity contribution < 1.29 is 18.7 Å². The number of allylic oxidation sites excluding steroid dienone is 1. The predicted molar refractivity (Wildman–Crippen MR) is 67.6 cm³/mol. The Bertz CT molecular complexity index is 537. The van der Waals surface area contributed by atoms with Crippen LogP contribution in [0.5, 0.6) is 5.75 Å². The van der Waals surface area contributed by atoms with Gasteiger partial charge in [0.25, 0.3) is 0 Å². The van der Waals surface area contributed by atoms with Gasteiger partial charge >= 0.3 is 0 Å². The summed E-state index contributed by atoms with van der Waals surface area (Å²) in [7, 11) is 0. The molecule has 0 aliphatic carbocycles. The first-order valence-corrected chi connectivity index (χ1v) is 6.23. The first kappa shape index (κ1) is 13.8. The van der Waals surface area contributed by atoms with Gasteiger partial charge in [0.05, 0.1) is 11.3 Å². The predicted octanol–water partition coefficient (Wildman–Crippen LogP) is 2.87. The van der Waals surface area contributed by atoms with Crippen LogP contribution in [0.15, 0.2) is 18.2 Å². The average Bonchev–Trinajstić information content (AvgIpc) is 2.32. The number of benzene rings is 1. The van der Waals surface area contributed by atoms with Crippen molar-refractivity contribution in [2.75, 3.05) is 6.54 Å². The molecule has 0 fully saturated rings. The molecule has 6 heteroatoms. The van der Waals surface area contributed by atoms with E-state index in [1.807, 2.05) is 0 Å². The first-order chi connectivity index (χ1) is 8.95. The average molecular weight is 288 g/mol. The first-order valence-electron chi connectivity index (χ1n) is 5.79. The highest BCUT2D eigenvalue weighted by molar-refractivity contribution is 6.31. The lowest BCUT2D eigenvalue weighted by Gasteiger charge is -2.30. The van der Waals surface area contributed by atoms with Gasteiger partial charge in [-0.15, -0.1) is 11.6 Å². The Hall–Kier alpha value is -1.62. The Morgan fingerprint density at radius 2 is 2.00 bits per heavy atom. The van der Waals surface area contributed by atoms with Gasteiger partial charge in [-0.05, 0) is 13.3 Å². The molecule has 1 unspecified atom stereocenters. The summed E-state index contributed by atoms with van der Waals surface area (Å²) in [6, 6.07) is 1.62. The number of carbonyl (C=O) groups excluding carboxylic acids is 1. The lowest BCUT2D eigenvalue weighted by molar-refractivity contribution is -0.127. The van der Waals surface area contributed by atoms with Gasteiger partial charge in [0.1, 0.15) is 22.8 Å². The van der Waals surface area contributed by atoms with Crippen molar-refractivity contribution in [3.05, 3.63) is 35.4 Å². The molecule has 0 saturated carbocycles. The highest BCUT2D eigenvalue weighted by Crippen LogP contribution is 2.32. The molecule has 1 aromatic carbocycles. The van der Waals surface area contributed by atoms with Crippen LogP contribution in [0.3, 0.4) is 0 Å². The Morgan fingerprint density at radius 3 is 2.53 bits per heavy atom. The summed E-state index contributed by atoms with van der Waals surface area (Å²) < 4.78 is 27.6. The molecular weight excluding hydrogens is 276 g/mol. The third kappa shape index (κ3) is 2.42. The smallest absolute Gasteiger partial charge is 0.245 e. The highest BCUT2D eigenvalue weighted by atomic mass is 35.5. The molecule has 1 heterocycles. The SMILES string of the molecule is CCN1C(=O)C(Cl)CC=C1c1c(F)cc(O)cc1F. The number of hydrogen-bond acceptors (Lipinski definition) is 2. The maximum absolute atomic E-state index is 13.8. The van der Waals surface area contributed by atoms with E-state index in [0.29, 0.717) is 0 Å². The zero-order valence-electron chi connectivity index (χ0n) is 10.2. The Kier molecular flexibility index (Phi) is 3.75. The molecule has 1 aliphatic heterocycles. The number of phenolic OH excluding ortho intramolecular Hbond substituents is 1. The van der Waals surface area contributed by atoms with Crippen LogP contribution in [0.1, 0.15) is 18.9 Å². The van der Waals surface area contributed by atoms with Crippen molar-refractivity contribution in [2.45, 2.75) is 18.7 Å². The van der Waals surface area contributed by atoms with Crippen LogP contribution in [0.4, 0.5) is 8.78 Å². The number of halogens is 3. The number of rotatable bonds is 2. The van der Waals surface area contributed by atoms with Crippen molar-refractivity contribution >= 4 is 23.2 Å². The fourth-order valence-electron chi connectivity index (χ4n) is 2.08. The highest BCUT2D eigenvalue weighted by Gasteiger charge is 2.31. The summed E-state index contributed by atoms with van der Waals surface area (Å²) in [5.41, 5.74) is -0.170. The number of nitrogens with zero attached hydrogens (tertiary/aromatic N) is 1. The second kappa shape index (κ2) is 5.17. The number of aromatic hydroxyl groups is 1. The topological polar surface area (TPSA) is 40.5 Å². The van der Waals surface area contributed by atoms with Crippen molar-refractivity contribution in [3.8, 4) is 5.75 Å². The van der Waals surface area contributed by atoms with E-state index < -0.39 is 22.8 Å². The molecular formula is C13H12ClF2NO2. The van der Waals surface area contributed by atoms with Gasteiger partial charge in [-0.2, -0.15) is 0 Å². The lowest BCUT2D eigenvalue weighted by Crippen LogP contribution is -2.38. The zero-order valence-corrected chi connectivity index (χ0v) is 10.9. The molecule has 0 spiro atoms. The van der Waals surface area contributed by atoms with Crippen LogP contribution in [-0.2, 0) is 4.79 Å². The Morgan fingerprint density at radius 1 is 1.42 bits per heavy atom. The molecule has 19 heavy (non-hydrogen) atoms. The van der Waals surface area contributed by atoms with Crippen molar-refractivity contribution in [1.29, 1.82) is 0 Å². The standard InChI is InChI=1S/C13H12ClF2NO2/c1-2-17-11(4-3-8(14)13(17)19)12-9(15)5-7(18)6-10(12)16/h4-6,8,18H,2-3H2,1H3. The Balaban J connectivity index is 2.55. The maximum atomic E-state index is 13.8. The summed E-state index contributed by atoms with van der Waals surface area (Å²) in [6.45, 7) is 1.95. The normalized spacial score (nSPS) is 19.6. The number of amides is 1. The van der Waals surface area contributed by atoms with Crippen LogP contribution in [0.25, 0.3) is 5.70 Å². The van der Waals surface area contributed by atoms with Crippen molar-refractivity contribution in [3.63, 3.8) is 0 Å². The minimum atomic E-state index is -0.914. The summed E-state index contributed by atoms with van der Waals surface area (Å²) in [5, 5.41) is 8.42. The van der Waals surface area contributed by atoms with Crippen LogP contribution in [0.2, 0.25) is 0 Å². The fourth-order valence-corrected chi connectivity index (χ4v) is 2.29. The van der Waals surface area contributed by atoms with Crippen LogP contribution in [0, 0.1) is 11.6 Å². The molecule has 0 aromatic heterocycles. The van der Waals surface area contributed by atoms with Crippen LogP contribution < -0.4 is 0 Å². The molecule has 1 amide bonds. The van der Waals surface area contributed by atoms with E-state index in [1.165, 1.54) is 11.0 Å². The van der Waals surface area contributed by atoms with Gasteiger partial charge in [-0.1, -0.05) is 6.08 Å². The van der Waals surface area contributed by atoms with E-state index in [9.17, 15) is 13.6 Å². The molecule has 0 saturated heterocycles. The van der Waals surface area contributed by atoms with Gasteiger partial charge in [-0.25, -0.2) is 8.78 Å². The molecule has 3 nitrogen and oxygen atoms in total. The number of phenols is 1. The van der Waals surface area contributed by atoms with E-state index in [-0.39, 0.29) is 30.1 Å². The van der Waals surface area contributed by atoms with Gasteiger partial charge in [0.15, 0.2) is 0 Å². The fraction of sp³-hybridized carbons (Fsp3) is 0.308. The maximum Gasteiger partial charge on any atom is 0.245 e. The number of alkyl halides is 1. The quantitative estimate of drug-likeness (QED) is 0.850. The van der Waals surface area contributed by atoms with E-state index in [0.717, 1.165) is 12.1 Å². The van der Waals surface area contributed by atoms with E-state index >= 15 is 0 Å². The molecule has 1 aromatic rings. The van der Waals surface area contributed by atoms with Crippen molar-refractivity contribution in [2.24, 2.45) is 0 Å². The molecule has 0 radical (unpaired) electrons. The van der Waals surface area contributed by atoms with Crippen LogP contribution in [-0.4, -0.2) is 27.8 Å². The monoisotopic (exact) mass is 287 g/mol. The third-order valence-corrected chi connectivity index (χ3v) is 3.31. The lowest BCUT2D eigenvalue weighted by atomic mass is 10.0. The van der Waals surface area contributed by atoms with E-state index in [2.05, 4.69) is 0 Å². The third-order valence-electron chi connectivity index (χ3n) is 2.94. The summed E-state index contributed by atoms with van der Waals surface area (Å²) >= 11 is 5.83. The summed E-state index contributed by atoms with van der Waals surface area (Å²) in [5.74, 6) is -2.71. The molecule has 1 N–H and O–H groups in total. The number of carbonyl (C=O) groups is 1. The van der Waals surface area contributed by atoms with Gasteiger partial charge < -0.3 is 10.0 Å². The molecule has 102 valence electrons. The minimum absolute atomic E-state index is 0.152. The van der Waals surface area contributed by atoms with Crippen LogP contribution >= 0.6 is 11.6 Å². The minimum Gasteiger partial charge on any atom is -0.508 e. The van der Waals surface area contributed by atoms with E-state index in [4.69, 9.17) is 16.7 Å². The second-order valence-electron chi connectivity index (χ2n) is 4.16. The summed E-state index contributed by atoms with van der Waals surface area (Å²) in [4.78, 5) is 13.1. The summed E-state index contributed by atoms with van der Waals surface area (Å²) in [6.07, 6.45) is 1.74. The number of hydrogen-bond donors (Lipinski definition) is 1. The molecule has 0 bridgehead atoms.